The van der Waals surface area contributed by atoms with Gasteiger partial charge in [0.15, 0.2) is 0 Å². The van der Waals surface area contributed by atoms with Gasteiger partial charge in [0.25, 0.3) is 0 Å². The van der Waals surface area contributed by atoms with E-state index >= 15 is 0 Å². The van der Waals surface area contributed by atoms with Gasteiger partial charge < -0.3 is 0 Å². The van der Waals surface area contributed by atoms with Crippen LogP contribution >= 0.6 is 24.6 Å². The molecular weight excluding hydrogens is 164 g/mol. The highest BCUT2D eigenvalue weighted by Crippen LogP contribution is 2.05. The first-order chi connectivity index (χ1) is 4.81. The molecular formula is C6H14N2S2. The molecule has 0 saturated carbocycles. The first-order valence-corrected chi connectivity index (χ1v) is 4.87. The number of rotatable bonds is 5. The molecule has 0 unspecified atom stereocenters. The smallest absolute Gasteiger partial charge is 0.0790 e. The molecule has 0 heterocycles. The molecule has 0 aliphatic carbocycles. The molecule has 10 heavy (non-hydrogen) atoms. The average Bonchev–Trinajstić information content (AvgIpc) is 1.98. The Labute approximate surface area is 72.0 Å². The van der Waals surface area contributed by atoms with E-state index in [1.165, 1.54) is 0 Å². The summed E-state index contributed by atoms with van der Waals surface area (Å²) in [5, 5.41) is 12.9. The van der Waals surface area contributed by atoms with Gasteiger partial charge in [0.05, 0.1) is 5.04 Å². The second kappa shape index (κ2) is 7.44. The summed E-state index contributed by atoms with van der Waals surface area (Å²) >= 11 is 5.13. The molecule has 0 fully saturated rings. The molecule has 0 rings (SSSR count). The van der Waals surface area contributed by atoms with Crippen molar-refractivity contribution < 1.29 is 0 Å². The molecule has 0 aliphatic rings. The number of hydrogen-bond donors (Lipinski definition) is 3. The van der Waals surface area contributed by atoms with Crippen molar-refractivity contribution in [3.63, 3.8) is 0 Å². The topological polar surface area (TPSA) is 49.9 Å². The first-order valence-electron chi connectivity index (χ1n) is 3.36. The molecule has 0 aliphatic heterocycles. The molecule has 0 atom stereocenters. The van der Waals surface area contributed by atoms with Crippen LogP contribution in [0, 0.1) is 5.41 Å². The fourth-order valence-electron chi connectivity index (χ4n) is 0.633. The van der Waals surface area contributed by atoms with Gasteiger partial charge >= 0.3 is 0 Å². The monoisotopic (exact) mass is 178 g/mol. The minimum Gasteiger partial charge on any atom is -0.297 e. The maximum atomic E-state index is 7.19. The van der Waals surface area contributed by atoms with Crippen molar-refractivity contribution in [3.05, 3.63) is 0 Å². The minimum atomic E-state index is 0.583. The Bertz CT molecular complexity index is 95.7. The number of nitrogens with two attached hydrogens (primary N) is 1. The van der Waals surface area contributed by atoms with Crippen molar-refractivity contribution in [2.75, 3.05) is 5.75 Å². The van der Waals surface area contributed by atoms with E-state index in [9.17, 15) is 0 Å². The van der Waals surface area contributed by atoms with Gasteiger partial charge in [-0.2, -0.15) is 12.6 Å². The second-order valence-corrected chi connectivity index (χ2v) is 3.25. The van der Waals surface area contributed by atoms with Gasteiger partial charge in [0.2, 0.25) is 0 Å². The molecule has 60 valence electrons. The van der Waals surface area contributed by atoms with Gasteiger partial charge in [-0.25, -0.2) is 0 Å². The lowest BCUT2D eigenvalue weighted by atomic mass is 10.2. The van der Waals surface area contributed by atoms with Crippen LogP contribution in [0.3, 0.4) is 0 Å². The molecule has 0 spiro atoms. The maximum absolute atomic E-state index is 7.19. The molecule has 3 N–H and O–H groups in total. The highest BCUT2D eigenvalue weighted by atomic mass is 32.2. The standard InChI is InChI=1S/C6H14N2S2/c7-6(10-8)4-2-1-3-5-9/h7,9H,1-5,8H2. The lowest BCUT2D eigenvalue weighted by Gasteiger charge is -1.97. The molecule has 0 aromatic heterocycles. The molecule has 2 nitrogen and oxygen atoms in total. The van der Waals surface area contributed by atoms with Crippen LogP contribution in [0.2, 0.25) is 0 Å². The Morgan fingerprint density at radius 3 is 2.60 bits per heavy atom. The van der Waals surface area contributed by atoms with Crippen molar-refractivity contribution in [2.45, 2.75) is 25.7 Å². The third kappa shape index (κ3) is 6.45. The minimum absolute atomic E-state index is 0.583. The Balaban J connectivity index is 2.96. The lowest BCUT2D eigenvalue weighted by molar-refractivity contribution is 0.751. The summed E-state index contributed by atoms with van der Waals surface area (Å²) in [5.41, 5.74) is 0. The summed E-state index contributed by atoms with van der Waals surface area (Å²) in [6.45, 7) is 0. The van der Waals surface area contributed by atoms with Crippen LogP contribution in [0.4, 0.5) is 0 Å². The summed E-state index contributed by atoms with van der Waals surface area (Å²) in [5.74, 6) is 0.948. The number of unbranched alkanes of at least 4 members (excludes halogenated alkanes) is 2. The van der Waals surface area contributed by atoms with Crippen LogP contribution in [-0.4, -0.2) is 10.8 Å². The van der Waals surface area contributed by atoms with E-state index in [-0.39, 0.29) is 0 Å². The van der Waals surface area contributed by atoms with Crippen LogP contribution in [0.1, 0.15) is 25.7 Å². The van der Waals surface area contributed by atoms with Gasteiger partial charge in [0.1, 0.15) is 0 Å². The van der Waals surface area contributed by atoms with E-state index in [1.807, 2.05) is 0 Å². The van der Waals surface area contributed by atoms with E-state index in [1.54, 1.807) is 0 Å². The maximum Gasteiger partial charge on any atom is 0.0790 e. The molecule has 0 saturated heterocycles. The zero-order valence-corrected chi connectivity index (χ0v) is 7.68. The summed E-state index contributed by atoms with van der Waals surface area (Å²) in [4.78, 5) is 0. The van der Waals surface area contributed by atoms with Gasteiger partial charge in [-0.1, -0.05) is 6.42 Å². The Kier molecular flexibility index (Phi) is 7.68. The molecule has 0 amide bonds. The van der Waals surface area contributed by atoms with E-state index < -0.39 is 0 Å². The highest BCUT2D eigenvalue weighted by molar-refractivity contribution is 8.11. The molecule has 4 heteroatoms. The third-order valence-corrected chi connectivity index (χ3v) is 2.01. The predicted molar refractivity (Wildman–Crippen MR) is 51.8 cm³/mol. The van der Waals surface area contributed by atoms with Crippen LogP contribution in [0.25, 0.3) is 0 Å². The Morgan fingerprint density at radius 1 is 1.40 bits per heavy atom. The summed E-state index contributed by atoms with van der Waals surface area (Å²) in [6, 6.07) is 0. The number of nitrogens with one attached hydrogen (secondary N) is 1. The molecule has 0 bridgehead atoms. The third-order valence-electron chi connectivity index (χ3n) is 1.20. The summed E-state index contributed by atoms with van der Waals surface area (Å²) in [6.07, 6.45) is 4.20. The van der Waals surface area contributed by atoms with Crippen LogP contribution in [-0.2, 0) is 0 Å². The zero-order chi connectivity index (χ0) is 7.82. The van der Waals surface area contributed by atoms with Gasteiger partial charge in [-0.05, 0) is 37.0 Å². The largest absolute Gasteiger partial charge is 0.297 e. The molecule has 0 radical (unpaired) electrons. The quantitative estimate of drug-likeness (QED) is 0.198. The van der Waals surface area contributed by atoms with Crippen LogP contribution in [0.5, 0.6) is 0 Å². The van der Waals surface area contributed by atoms with E-state index in [0.717, 1.165) is 43.4 Å². The summed E-state index contributed by atoms with van der Waals surface area (Å²) in [7, 11) is 0. The fraction of sp³-hybridized carbons (Fsp3) is 0.833. The molecule has 0 aromatic carbocycles. The van der Waals surface area contributed by atoms with Gasteiger partial charge in [-0.15, -0.1) is 0 Å². The zero-order valence-electron chi connectivity index (χ0n) is 5.97. The fourth-order valence-corrected chi connectivity index (χ4v) is 1.12. The average molecular weight is 178 g/mol. The van der Waals surface area contributed by atoms with E-state index in [0.29, 0.717) is 5.04 Å². The van der Waals surface area contributed by atoms with Crippen molar-refractivity contribution in [3.8, 4) is 0 Å². The summed E-state index contributed by atoms with van der Waals surface area (Å²) < 4.78 is 0. The molecule has 0 aromatic rings. The lowest BCUT2D eigenvalue weighted by Crippen LogP contribution is -1.94. The van der Waals surface area contributed by atoms with E-state index in [2.05, 4.69) is 12.6 Å². The predicted octanol–water partition coefficient (Wildman–Crippen LogP) is 2.06. The van der Waals surface area contributed by atoms with Crippen molar-refractivity contribution in [1.29, 1.82) is 5.41 Å². The Morgan fingerprint density at radius 2 is 2.10 bits per heavy atom. The number of hydrogen-bond acceptors (Lipinski definition) is 4. The normalized spacial score (nSPS) is 9.80. The SMILES string of the molecule is N=C(CCCCCS)SN. The van der Waals surface area contributed by atoms with Crippen molar-refractivity contribution >= 4 is 29.6 Å². The van der Waals surface area contributed by atoms with Crippen LogP contribution < -0.4 is 5.14 Å². The van der Waals surface area contributed by atoms with Crippen molar-refractivity contribution in [2.24, 2.45) is 5.14 Å². The number of thiol groups is 1. The van der Waals surface area contributed by atoms with Gasteiger partial charge in [-0.3, -0.25) is 10.5 Å². The van der Waals surface area contributed by atoms with Crippen molar-refractivity contribution in [1.82, 2.24) is 0 Å². The first kappa shape index (κ1) is 10.3. The van der Waals surface area contributed by atoms with E-state index in [4.69, 9.17) is 10.5 Å². The van der Waals surface area contributed by atoms with Crippen LogP contribution in [0.15, 0.2) is 0 Å². The highest BCUT2D eigenvalue weighted by Gasteiger charge is 1.93. The second-order valence-electron chi connectivity index (χ2n) is 2.08. The Hall–Kier alpha value is 0.330. The van der Waals surface area contributed by atoms with Gasteiger partial charge in [0, 0.05) is 0 Å².